The molecular formula is C23H24N4O3S. The molecule has 8 heteroatoms. The maximum Gasteiger partial charge on any atom is 0.243 e. The third kappa shape index (κ3) is 4.35. The number of rotatable bonds is 5. The SMILES string of the molecule is CC(=O)c1ccc(S(=O)(=O)N2CCN(c3ccc(-c4ccccc4C)nn3)CC2)cc1. The summed E-state index contributed by atoms with van der Waals surface area (Å²) in [5, 5.41) is 8.74. The summed E-state index contributed by atoms with van der Waals surface area (Å²) in [5.41, 5.74) is 3.50. The van der Waals surface area contributed by atoms with E-state index in [9.17, 15) is 13.2 Å². The molecule has 1 aromatic heterocycles. The van der Waals surface area contributed by atoms with Gasteiger partial charge in [0, 0.05) is 37.3 Å². The summed E-state index contributed by atoms with van der Waals surface area (Å²) in [6.45, 7) is 5.28. The highest BCUT2D eigenvalue weighted by atomic mass is 32.2. The third-order valence-electron chi connectivity index (χ3n) is 5.53. The van der Waals surface area contributed by atoms with Crippen molar-refractivity contribution in [2.45, 2.75) is 18.7 Å². The van der Waals surface area contributed by atoms with Crippen molar-refractivity contribution in [1.29, 1.82) is 0 Å². The van der Waals surface area contributed by atoms with E-state index in [1.807, 2.05) is 48.2 Å². The molecule has 0 amide bonds. The number of ketones is 1. The molecule has 1 saturated heterocycles. The molecule has 1 aliphatic rings. The fourth-order valence-corrected chi connectivity index (χ4v) is 5.09. The summed E-state index contributed by atoms with van der Waals surface area (Å²) in [6.07, 6.45) is 0. The molecule has 2 heterocycles. The van der Waals surface area contributed by atoms with Gasteiger partial charge in [0.25, 0.3) is 0 Å². The van der Waals surface area contributed by atoms with Crippen LogP contribution in [-0.2, 0) is 10.0 Å². The van der Waals surface area contributed by atoms with Crippen LogP contribution in [0, 0.1) is 6.92 Å². The molecule has 0 spiro atoms. The summed E-state index contributed by atoms with van der Waals surface area (Å²) in [7, 11) is -3.60. The van der Waals surface area contributed by atoms with E-state index in [-0.39, 0.29) is 10.7 Å². The van der Waals surface area contributed by atoms with Crippen molar-refractivity contribution < 1.29 is 13.2 Å². The van der Waals surface area contributed by atoms with Gasteiger partial charge in [0.2, 0.25) is 10.0 Å². The summed E-state index contributed by atoms with van der Waals surface area (Å²) in [6, 6.07) is 18.0. The van der Waals surface area contributed by atoms with Crippen molar-refractivity contribution >= 4 is 21.6 Å². The minimum absolute atomic E-state index is 0.0906. The number of aryl methyl sites for hydroxylation is 1. The van der Waals surface area contributed by atoms with E-state index in [4.69, 9.17) is 0 Å². The normalized spacial score (nSPS) is 15.1. The summed E-state index contributed by atoms with van der Waals surface area (Å²) >= 11 is 0. The second-order valence-electron chi connectivity index (χ2n) is 7.56. The lowest BCUT2D eigenvalue weighted by Crippen LogP contribution is -2.49. The third-order valence-corrected chi connectivity index (χ3v) is 7.45. The Bertz CT molecular complexity index is 1180. The molecule has 4 rings (SSSR count). The van der Waals surface area contributed by atoms with Crippen LogP contribution in [0.5, 0.6) is 0 Å². The van der Waals surface area contributed by atoms with Crippen LogP contribution in [0.2, 0.25) is 0 Å². The second-order valence-corrected chi connectivity index (χ2v) is 9.50. The highest BCUT2D eigenvalue weighted by molar-refractivity contribution is 7.89. The highest BCUT2D eigenvalue weighted by Gasteiger charge is 2.29. The molecule has 2 aromatic carbocycles. The second kappa shape index (κ2) is 8.56. The average Bonchev–Trinajstić information content (AvgIpc) is 2.80. The molecule has 0 bridgehead atoms. The fourth-order valence-electron chi connectivity index (χ4n) is 3.67. The van der Waals surface area contributed by atoms with E-state index in [0.717, 1.165) is 22.6 Å². The topological polar surface area (TPSA) is 83.5 Å². The lowest BCUT2D eigenvalue weighted by Gasteiger charge is -2.34. The number of hydrogen-bond donors (Lipinski definition) is 0. The van der Waals surface area contributed by atoms with Crippen LogP contribution in [-0.4, -0.2) is 54.9 Å². The van der Waals surface area contributed by atoms with Gasteiger partial charge in [-0.1, -0.05) is 36.4 Å². The molecule has 7 nitrogen and oxygen atoms in total. The standard InChI is InChI=1S/C23H24N4O3S/c1-17-5-3-4-6-21(17)22-11-12-23(25-24-22)26-13-15-27(16-14-26)31(29,30)20-9-7-19(8-10-20)18(2)28/h3-12H,13-16H2,1-2H3. The van der Waals surface area contributed by atoms with Gasteiger partial charge >= 0.3 is 0 Å². The maximum absolute atomic E-state index is 12.9. The van der Waals surface area contributed by atoms with Crippen molar-refractivity contribution in [3.05, 3.63) is 71.8 Å². The Morgan fingerprint density at radius 2 is 1.55 bits per heavy atom. The van der Waals surface area contributed by atoms with Gasteiger partial charge in [0.15, 0.2) is 11.6 Å². The summed E-state index contributed by atoms with van der Waals surface area (Å²) in [4.78, 5) is 13.7. The number of carbonyl (C=O) groups excluding carboxylic acids is 1. The summed E-state index contributed by atoms with van der Waals surface area (Å²) in [5.74, 6) is 0.646. The average molecular weight is 437 g/mol. The Labute approximate surface area is 182 Å². The number of benzene rings is 2. The smallest absolute Gasteiger partial charge is 0.243 e. The number of sulfonamides is 1. The van der Waals surface area contributed by atoms with Gasteiger partial charge in [-0.25, -0.2) is 8.42 Å². The van der Waals surface area contributed by atoms with E-state index in [1.165, 1.54) is 23.4 Å². The number of anilines is 1. The van der Waals surface area contributed by atoms with E-state index in [1.54, 1.807) is 12.1 Å². The van der Waals surface area contributed by atoms with Crippen LogP contribution in [0.4, 0.5) is 5.82 Å². The van der Waals surface area contributed by atoms with Gasteiger partial charge in [-0.2, -0.15) is 4.31 Å². The number of Topliss-reactive ketones (excluding diaryl/α,β-unsaturated/α-hetero) is 1. The zero-order chi connectivity index (χ0) is 22.0. The first-order valence-corrected chi connectivity index (χ1v) is 11.6. The van der Waals surface area contributed by atoms with Gasteiger partial charge in [-0.3, -0.25) is 4.79 Å². The largest absolute Gasteiger partial charge is 0.352 e. The maximum atomic E-state index is 12.9. The minimum Gasteiger partial charge on any atom is -0.352 e. The van der Waals surface area contributed by atoms with Crippen molar-refractivity contribution in [2.24, 2.45) is 0 Å². The number of hydrogen-bond acceptors (Lipinski definition) is 6. The monoisotopic (exact) mass is 436 g/mol. The molecule has 1 fully saturated rings. The van der Waals surface area contributed by atoms with Crippen LogP contribution in [0.15, 0.2) is 65.6 Å². The zero-order valence-corrected chi connectivity index (χ0v) is 18.3. The number of aromatic nitrogens is 2. The molecule has 0 aliphatic carbocycles. The van der Waals surface area contributed by atoms with Gasteiger partial charge in [-0.05, 0) is 43.7 Å². The molecule has 0 N–H and O–H groups in total. The lowest BCUT2D eigenvalue weighted by molar-refractivity contribution is 0.101. The Balaban J connectivity index is 1.43. The number of carbonyl (C=O) groups is 1. The Hall–Kier alpha value is -3.10. The molecule has 160 valence electrons. The van der Waals surface area contributed by atoms with Crippen LogP contribution in [0.25, 0.3) is 11.3 Å². The van der Waals surface area contributed by atoms with Crippen LogP contribution < -0.4 is 4.90 Å². The van der Waals surface area contributed by atoms with Crippen molar-refractivity contribution in [3.8, 4) is 11.3 Å². The molecule has 0 unspecified atom stereocenters. The van der Waals surface area contributed by atoms with E-state index < -0.39 is 10.0 Å². The van der Waals surface area contributed by atoms with E-state index in [2.05, 4.69) is 10.2 Å². The lowest BCUT2D eigenvalue weighted by atomic mass is 10.1. The Morgan fingerprint density at radius 1 is 0.871 bits per heavy atom. The molecular weight excluding hydrogens is 412 g/mol. The van der Waals surface area contributed by atoms with Crippen molar-refractivity contribution in [1.82, 2.24) is 14.5 Å². The predicted octanol–water partition coefficient (Wildman–Crippen LogP) is 3.17. The first kappa shape index (κ1) is 21.1. The number of nitrogens with zero attached hydrogens (tertiary/aromatic N) is 4. The van der Waals surface area contributed by atoms with Gasteiger partial charge < -0.3 is 4.90 Å². The van der Waals surface area contributed by atoms with E-state index >= 15 is 0 Å². The van der Waals surface area contributed by atoms with Crippen molar-refractivity contribution in [2.75, 3.05) is 31.1 Å². The van der Waals surface area contributed by atoms with Gasteiger partial charge in [0.1, 0.15) is 0 Å². The quantitative estimate of drug-likeness (QED) is 0.572. The zero-order valence-electron chi connectivity index (χ0n) is 17.5. The highest BCUT2D eigenvalue weighted by Crippen LogP contribution is 2.24. The first-order chi connectivity index (χ1) is 14.9. The van der Waals surface area contributed by atoms with E-state index in [0.29, 0.717) is 31.7 Å². The predicted molar refractivity (Wildman–Crippen MR) is 120 cm³/mol. The summed E-state index contributed by atoms with van der Waals surface area (Å²) < 4.78 is 27.4. The fraction of sp³-hybridized carbons (Fsp3) is 0.261. The Morgan fingerprint density at radius 3 is 2.13 bits per heavy atom. The molecule has 3 aromatic rings. The molecule has 1 aliphatic heterocycles. The van der Waals surface area contributed by atoms with Crippen LogP contribution >= 0.6 is 0 Å². The van der Waals surface area contributed by atoms with Gasteiger partial charge in [-0.15, -0.1) is 10.2 Å². The Kier molecular flexibility index (Phi) is 5.84. The van der Waals surface area contributed by atoms with Crippen LogP contribution in [0.1, 0.15) is 22.8 Å². The van der Waals surface area contributed by atoms with Crippen LogP contribution in [0.3, 0.4) is 0 Å². The van der Waals surface area contributed by atoms with Crippen molar-refractivity contribution in [3.63, 3.8) is 0 Å². The minimum atomic E-state index is -3.60. The molecule has 0 saturated carbocycles. The first-order valence-electron chi connectivity index (χ1n) is 10.1. The number of piperazine rings is 1. The van der Waals surface area contributed by atoms with Gasteiger partial charge in [0.05, 0.1) is 10.6 Å². The molecule has 31 heavy (non-hydrogen) atoms. The molecule has 0 radical (unpaired) electrons. The molecule has 0 atom stereocenters.